The first kappa shape index (κ1) is 23.0. The summed E-state index contributed by atoms with van der Waals surface area (Å²) in [5.74, 6) is 0.157. The van der Waals surface area contributed by atoms with E-state index in [4.69, 9.17) is 4.52 Å². The van der Waals surface area contributed by atoms with Crippen molar-refractivity contribution in [2.45, 2.75) is 50.8 Å². The Morgan fingerprint density at radius 3 is 2.42 bits per heavy atom. The summed E-state index contributed by atoms with van der Waals surface area (Å²) in [5, 5.41) is 3.92. The SMILES string of the molecule is Cc1ccc(-c2noc(C(=O)N3CCCCC3)n2)cc1S(=O)(=O)Nc1ccc(C(C)C)cc1. The van der Waals surface area contributed by atoms with E-state index in [1.807, 2.05) is 12.1 Å². The van der Waals surface area contributed by atoms with Crippen LogP contribution in [0.25, 0.3) is 11.4 Å². The lowest BCUT2D eigenvalue weighted by Crippen LogP contribution is -2.35. The number of benzene rings is 2. The second-order valence-corrected chi connectivity index (χ2v) is 10.3. The predicted octanol–water partition coefficient (Wildman–Crippen LogP) is 4.60. The highest BCUT2D eigenvalue weighted by Gasteiger charge is 2.25. The molecule has 0 saturated carbocycles. The zero-order valence-corrected chi connectivity index (χ0v) is 19.9. The summed E-state index contributed by atoms with van der Waals surface area (Å²) in [4.78, 5) is 18.7. The van der Waals surface area contributed by atoms with Crippen LogP contribution in [0, 0.1) is 6.92 Å². The molecule has 0 spiro atoms. The van der Waals surface area contributed by atoms with Gasteiger partial charge in [0.25, 0.3) is 10.0 Å². The fraction of sp³-hybridized carbons (Fsp3) is 0.375. The Bertz CT molecular complexity index is 1240. The molecule has 4 rings (SSSR count). The maximum absolute atomic E-state index is 13.1. The Kier molecular flexibility index (Phi) is 6.51. The molecule has 1 amide bonds. The Hall–Kier alpha value is -3.20. The topological polar surface area (TPSA) is 105 Å². The van der Waals surface area contributed by atoms with Crippen LogP contribution in [-0.4, -0.2) is 42.5 Å². The van der Waals surface area contributed by atoms with Gasteiger partial charge in [-0.3, -0.25) is 9.52 Å². The lowest BCUT2D eigenvalue weighted by molar-refractivity contribution is 0.0674. The number of rotatable bonds is 6. The molecule has 0 atom stereocenters. The second kappa shape index (κ2) is 9.35. The first-order chi connectivity index (χ1) is 15.7. The Morgan fingerprint density at radius 1 is 1.06 bits per heavy atom. The minimum Gasteiger partial charge on any atom is -0.334 e. The summed E-state index contributed by atoms with van der Waals surface area (Å²) in [6.45, 7) is 7.23. The highest BCUT2D eigenvalue weighted by atomic mass is 32.2. The average molecular weight is 469 g/mol. The van der Waals surface area contributed by atoms with Crippen LogP contribution in [0.3, 0.4) is 0 Å². The third kappa shape index (κ3) is 5.08. The molecule has 0 radical (unpaired) electrons. The van der Waals surface area contributed by atoms with Gasteiger partial charge in [-0.05, 0) is 61.4 Å². The molecule has 1 N–H and O–H groups in total. The molecular weight excluding hydrogens is 440 g/mol. The van der Waals surface area contributed by atoms with Gasteiger partial charge in [-0.1, -0.05) is 43.3 Å². The lowest BCUT2D eigenvalue weighted by atomic mass is 10.0. The van der Waals surface area contributed by atoms with Crippen molar-refractivity contribution < 1.29 is 17.7 Å². The molecule has 1 aliphatic heterocycles. The fourth-order valence-electron chi connectivity index (χ4n) is 3.83. The number of piperidine rings is 1. The molecular formula is C24H28N4O4S. The molecule has 1 saturated heterocycles. The molecule has 8 nitrogen and oxygen atoms in total. The Morgan fingerprint density at radius 2 is 1.76 bits per heavy atom. The molecule has 1 aliphatic rings. The summed E-state index contributed by atoms with van der Waals surface area (Å²) < 4.78 is 34.0. The zero-order valence-electron chi connectivity index (χ0n) is 19.0. The van der Waals surface area contributed by atoms with E-state index in [0.29, 0.717) is 35.8 Å². The van der Waals surface area contributed by atoms with Crippen LogP contribution in [0.15, 0.2) is 51.9 Å². The lowest BCUT2D eigenvalue weighted by Gasteiger charge is -2.24. The highest BCUT2D eigenvalue weighted by Crippen LogP contribution is 2.26. The smallest absolute Gasteiger partial charge is 0.316 e. The van der Waals surface area contributed by atoms with Gasteiger partial charge < -0.3 is 9.42 Å². The first-order valence-corrected chi connectivity index (χ1v) is 12.6. The van der Waals surface area contributed by atoms with Crippen LogP contribution in [0.1, 0.15) is 60.8 Å². The van der Waals surface area contributed by atoms with Gasteiger partial charge in [-0.25, -0.2) is 8.42 Å². The number of sulfonamides is 1. The van der Waals surface area contributed by atoms with Crippen molar-refractivity contribution in [2.75, 3.05) is 17.8 Å². The van der Waals surface area contributed by atoms with Crippen LogP contribution < -0.4 is 4.72 Å². The fourth-order valence-corrected chi connectivity index (χ4v) is 5.17. The van der Waals surface area contributed by atoms with Gasteiger partial charge in [0, 0.05) is 24.3 Å². The minimum absolute atomic E-state index is 0.0831. The molecule has 0 aliphatic carbocycles. The van der Waals surface area contributed by atoms with Gasteiger partial charge in [0.15, 0.2) is 0 Å². The van der Waals surface area contributed by atoms with E-state index >= 15 is 0 Å². The molecule has 3 aromatic rings. The highest BCUT2D eigenvalue weighted by molar-refractivity contribution is 7.92. The molecule has 2 heterocycles. The van der Waals surface area contributed by atoms with Gasteiger partial charge in [0.2, 0.25) is 5.82 Å². The van der Waals surface area contributed by atoms with Crippen LogP contribution in [0.4, 0.5) is 5.69 Å². The molecule has 2 aromatic carbocycles. The molecule has 33 heavy (non-hydrogen) atoms. The standard InChI is InChI=1S/C24H28N4O4S/c1-16(2)18-9-11-20(12-10-18)27-33(30,31)21-15-19(8-7-17(21)3)22-25-23(32-26-22)24(29)28-13-5-4-6-14-28/h7-12,15-16,27H,4-6,13-14H2,1-3H3. The van der Waals surface area contributed by atoms with Crippen molar-refractivity contribution in [1.82, 2.24) is 15.0 Å². The molecule has 9 heteroatoms. The number of carbonyl (C=O) groups excluding carboxylic acids is 1. The van der Waals surface area contributed by atoms with E-state index in [-0.39, 0.29) is 22.5 Å². The van der Waals surface area contributed by atoms with Gasteiger partial charge in [0.1, 0.15) is 0 Å². The number of hydrogen-bond donors (Lipinski definition) is 1. The molecule has 1 aromatic heterocycles. The zero-order chi connectivity index (χ0) is 23.6. The predicted molar refractivity (Wildman–Crippen MR) is 126 cm³/mol. The van der Waals surface area contributed by atoms with Crippen molar-refractivity contribution >= 4 is 21.6 Å². The van der Waals surface area contributed by atoms with Gasteiger partial charge in [-0.15, -0.1) is 0 Å². The summed E-state index contributed by atoms with van der Waals surface area (Å²) in [6, 6.07) is 12.2. The monoisotopic (exact) mass is 468 g/mol. The number of anilines is 1. The van der Waals surface area contributed by atoms with Crippen molar-refractivity contribution in [3.8, 4) is 11.4 Å². The number of nitrogens with one attached hydrogen (secondary N) is 1. The number of likely N-dealkylation sites (tertiary alicyclic amines) is 1. The average Bonchev–Trinajstić information content (AvgIpc) is 3.30. The van der Waals surface area contributed by atoms with Crippen molar-refractivity contribution in [2.24, 2.45) is 0 Å². The van der Waals surface area contributed by atoms with Gasteiger partial charge in [-0.2, -0.15) is 4.98 Å². The van der Waals surface area contributed by atoms with Crippen LogP contribution >= 0.6 is 0 Å². The van der Waals surface area contributed by atoms with Gasteiger partial charge in [0.05, 0.1) is 4.90 Å². The molecule has 174 valence electrons. The number of aromatic nitrogens is 2. The van der Waals surface area contributed by atoms with Crippen molar-refractivity contribution in [1.29, 1.82) is 0 Å². The summed E-state index contributed by atoms with van der Waals surface area (Å²) in [6.07, 6.45) is 3.02. The number of carbonyl (C=O) groups is 1. The molecule has 0 bridgehead atoms. The first-order valence-electron chi connectivity index (χ1n) is 11.1. The normalized spacial score (nSPS) is 14.5. The van der Waals surface area contributed by atoms with Crippen molar-refractivity contribution in [3.63, 3.8) is 0 Å². The Balaban J connectivity index is 1.57. The van der Waals surface area contributed by atoms with Crippen LogP contribution in [0.5, 0.6) is 0 Å². The number of aryl methyl sites for hydroxylation is 1. The Labute approximate surface area is 194 Å². The van der Waals surface area contributed by atoms with E-state index in [9.17, 15) is 13.2 Å². The second-order valence-electron chi connectivity index (χ2n) is 8.64. The van der Waals surface area contributed by atoms with E-state index in [0.717, 1.165) is 24.8 Å². The van der Waals surface area contributed by atoms with E-state index in [1.54, 1.807) is 36.1 Å². The van der Waals surface area contributed by atoms with E-state index < -0.39 is 10.0 Å². The number of hydrogen-bond acceptors (Lipinski definition) is 6. The third-order valence-corrected chi connectivity index (χ3v) is 7.34. The maximum Gasteiger partial charge on any atom is 0.316 e. The largest absolute Gasteiger partial charge is 0.334 e. The number of nitrogens with zero attached hydrogens (tertiary/aromatic N) is 3. The maximum atomic E-state index is 13.1. The summed E-state index contributed by atoms with van der Waals surface area (Å²) in [5.41, 5.74) is 2.65. The van der Waals surface area contributed by atoms with Crippen LogP contribution in [0.2, 0.25) is 0 Å². The molecule has 0 unspecified atom stereocenters. The van der Waals surface area contributed by atoms with Gasteiger partial charge >= 0.3 is 11.8 Å². The van der Waals surface area contributed by atoms with E-state index in [1.165, 1.54) is 6.07 Å². The quantitative estimate of drug-likeness (QED) is 0.567. The minimum atomic E-state index is -3.85. The number of amides is 1. The summed E-state index contributed by atoms with van der Waals surface area (Å²) in [7, 11) is -3.85. The molecule has 1 fully saturated rings. The van der Waals surface area contributed by atoms with Crippen molar-refractivity contribution in [3.05, 3.63) is 59.5 Å². The third-order valence-electron chi connectivity index (χ3n) is 5.82. The van der Waals surface area contributed by atoms with Crippen LogP contribution in [-0.2, 0) is 10.0 Å². The van der Waals surface area contributed by atoms with E-state index in [2.05, 4.69) is 28.7 Å². The summed E-state index contributed by atoms with van der Waals surface area (Å²) >= 11 is 0.